The van der Waals surface area contributed by atoms with Crippen molar-refractivity contribution in [1.82, 2.24) is 19.8 Å². The van der Waals surface area contributed by atoms with Gasteiger partial charge in [0.05, 0.1) is 0 Å². The van der Waals surface area contributed by atoms with Gasteiger partial charge in [-0.05, 0) is 55.2 Å². The number of fused-ring (bicyclic) bond motifs is 2. The first kappa shape index (κ1) is 13.1. The molecule has 22 heavy (non-hydrogen) atoms. The average molecular weight is 294 g/mol. The van der Waals surface area contributed by atoms with Gasteiger partial charge >= 0.3 is 0 Å². The minimum Gasteiger partial charge on any atom is -0.399 e. The van der Waals surface area contributed by atoms with Crippen molar-refractivity contribution in [1.29, 1.82) is 0 Å². The second-order valence-electron chi connectivity index (χ2n) is 5.87. The number of benzene rings is 1. The summed E-state index contributed by atoms with van der Waals surface area (Å²) in [5, 5.41) is 13.0. The number of nitrogens with two attached hydrogens (primary N) is 1. The van der Waals surface area contributed by atoms with Gasteiger partial charge in [0.25, 0.3) is 0 Å². The fourth-order valence-corrected chi connectivity index (χ4v) is 3.09. The lowest BCUT2D eigenvalue weighted by Gasteiger charge is -2.30. The van der Waals surface area contributed by atoms with E-state index in [0.29, 0.717) is 0 Å². The summed E-state index contributed by atoms with van der Waals surface area (Å²) in [7, 11) is 0. The molecular formula is C16H18N6. The molecule has 1 aliphatic heterocycles. The Bertz CT molecular complexity index is 866. The zero-order valence-electron chi connectivity index (χ0n) is 12.7. The summed E-state index contributed by atoms with van der Waals surface area (Å²) < 4.78 is 1.80. The van der Waals surface area contributed by atoms with Crippen LogP contribution in [-0.4, -0.2) is 26.4 Å². The van der Waals surface area contributed by atoms with Gasteiger partial charge in [0.15, 0.2) is 17.3 Å². The third-order valence-electron chi connectivity index (χ3n) is 4.26. The number of hydrogen-bond donors (Lipinski definition) is 1. The molecule has 0 saturated carbocycles. The maximum Gasteiger partial charge on any atom is 0.178 e. The molecule has 0 aliphatic carbocycles. The molecule has 0 bridgehead atoms. The summed E-state index contributed by atoms with van der Waals surface area (Å²) in [6.07, 6.45) is 1.01. The van der Waals surface area contributed by atoms with Crippen LogP contribution in [0.25, 0.3) is 5.65 Å². The van der Waals surface area contributed by atoms with Gasteiger partial charge in [0.2, 0.25) is 0 Å². The van der Waals surface area contributed by atoms with E-state index >= 15 is 0 Å². The minimum atomic E-state index is 0.792. The molecule has 6 nitrogen and oxygen atoms in total. The quantitative estimate of drug-likeness (QED) is 0.694. The highest BCUT2D eigenvalue weighted by atomic mass is 15.4. The van der Waals surface area contributed by atoms with Crippen molar-refractivity contribution in [2.24, 2.45) is 0 Å². The number of anilines is 2. The number of aryl methyl sites for hydroxylation is 2. The number of aromatic nitrogens is 4. The predicted octanol–water partition coefficient (Wildman–Crippen LogP) is 1.89. The lowest BCUT2D eigenvalue weighted by atomic mass is 9.99. The molecule has 3 aromatic rings. The fourth-order valence-electron chi connectivity index (χ4n) is 3.09. The van der Waals surface area contributed by atoms with Crippen LogP contribution in [0.15, 0.2) is 24.3 Å². The van der Waals surface area contributed by atoms with E-state index < -0.39 is 0 Å². The van der Waals surface area contributed by atoms with E-state index in [1.165, 1.54) is 11.1 Å². The van der Waals surface area contributed by atoms with Crippen LogP contribution < -0.4 is 10.6 Å². The number of nitrogen functional groups attached to an aromatic ring is 1. The van der Waals surface area contributed by atoms with Crippen LogP contribution in [0.3, 0.4) is 0 Å². The van der Waals surface area contributed by atoms with Crippen molar-refractivity contribution in [2.45, 2.75) is 26.8 Å². The zero-order chi connectivity index (χ0) is 15.3. The maximum atomic E-state index is 5.92. The standard InChI is InChI=1S/C16H18N6/c1-10-7-15-19-18-11(2)22(15)20-16(10)21-6-5-12-3-4-14(17)8-13(12)9-21/h3-4,7-8H,5-6,9,17H2,1-2H3. The van der Waals surface area contributed by atoms with Gasteiger partial charge < -0.3 is 10.6 Å². The van der Waals surface area contributed by atoms with E-state index in [1.54, 1.807) is 4.52 Å². The molecular weight excluding hydrogens is 276 g/mol. The van der Waals surface area contributed by atoms with Crippen LogP contribution in [0.5, 0.6) is 0 Å². The Kier molecular flexibility index (Phi) is 2.79. The molecule has 6 heteroatoms. The topological polar surface area (TPSA) is 72.3 Å². The fraction of sp³-hybridized carbons (Fsp3) is 0.312. The predicted molar refractivity (Wildman–Crippen MR) is 85.9 cm³/mol. The van der Waals surface area contributed by atoms with Gasteiger partial charge in [-0.25, -0.2) is 0 Å². The first-order chi connectivity index (χ1) is 10.6. The normalized spacial score (nSPS) is 14.4. The van der Waals surface area contributed by atoms with Gasteiger partial charge in [-0.1, -0.05) is 6.07 Å². The number of rotatable bonds is 1. The summed E-state index contributed by atoms with van der Waals surface area (Å²) in [6.45, 7) is 5.78. The molecule has 0 spiro atoms. The molecule has 4 rings (SSSR count). The molecule has 2 N–H and O–H groups in total. The van der Waals surface area contributed by atoms with Gasteiger partial charge in [-0.15, -0.1) is 15.3 Å². The van der Waals surface area contributed by atoms with Crippen LogP contribution in [0.4, 0.5) is 11.5 Å². The average Bonchev–Trinajstić information content (AvgIpc) is 2.86. The minimum absolute atomic E-state index is 0.792. The van der Waals surface area contributed by atoms with Crippen molar-refractivity contribution in [3.8, 4) is 0 Å². The van der Waals surface area contributed by atoms with Crippen molar-refractivity contribution >= 4 is 17.2 Å². The Morgan fingerprint density at radius 2 is 1.95 bits per heavy atom. The molecule has 0 radical (unpaired) electrons. The molecule has 0 atom stereocenters. The van der Waals surface area contributed by atoms with E-state index in [0.717, 1.165) is 48.1 Å². The van der Waals surface area contributed by atoms with Crippen molar-refractivity contribution in [2.75, 3.05) is 17.2 Å². The SMILES string of the molecule is Cc1cc2nnc(C)n2nc1N1CCc2ccc(N)cc2C1. The molecule has 0 saturated heterocycles. The van der Waals surface area contributed by atoms with Gasteiger partial charge in [-0.2, -0.15) is 4.52 Å². The molecule has 2 aromatic heterocycles. The van der Waals surface area contributed by atoms with E-state index in [2.05, 4.69) is 34.2 Å². The van der Waals surface area contributed by atoms with Crippen LogP contribution >= 0.6 is 0 Å². The Balaban J connectivity index is 1.76. The first-order valence-electron chi connectivity index (χ1n) is 7.44. The van der Waals surface area contributed by atoms with Crippen molar-refractivity contribution in [3.63, 3.8) is 0 Å². The van der Waals surface area contributed by atoms with Crippen LogP contribution in [-0.2, 0) is 13.0 Å². The Hall–Kier alpha value is -2.63. The van der Waals surface area contributed by atoms with Crippen LogP contribution in [0, 0.1) is 13.8 Å². The van der Waals surface area contributed by atoms with E-state index in [1.807, 2.05) is 19.1 Å². The molecule has 0 fully saturated rings. The second kappa shape index (κ2) is 4.69. The molecule has 112 valence electrons. The highest BCUT2D eigenvalue weighted by Crippen LogP contribution is 2.27. The lowest BCUT2D eigenvalue weighted by molar-refractivity contribution is 0.701. The summed E-state index contributed by atoms with van der Waals surface area (Å²) >= 11 is 0. The van der Waals surface area contributed by atoms with Gasteiger partial charge in [-0.3, -0.25) is 0 Å². The summed E-state index contributed by atoms with van der Waals surface area (Å²) in [6, 6.07) is 8.22. The highest BCUT2D eigenvalue weighted by molar-refractivity contribution is 5.55. The van der Waals surface area contributed by atoms with Crippen LogP contribution in [0.1, 0.15) is 22.5 Å². The molecule has 1 aromatic carbocycles. The molecule has 3 heterocycles. The Morgan fingerprint density at radius 3 is 2.82 bits per heavy atom. The lowest BCUT2D eigenvalue weighted by Crippen LogP contribution is -2.32. The number of hydrogen-bond acceptors (Lipinski definition) is 5. The Morgan fingerprint density at radius 1 is 1.09 bits per heavy atom. The van der Waals surface area contributed by atoms with Crippen molar-refractivity contribution < 1.29 is 0 Å². The second-order valence-corrected chi connectivity index (χ2v) is 5.87. The molecule has 0 unspecified atom stereocenters. The largest absolute Gasteiger partial charge is 0.399 e. The summed E-state index contributed by atoms with van der Waals surface area (Å²) in [4.78, 5) is 2.30. The van der Waals surface area contributed by atoms with E-state index in [-0.39, 0.29) is 0 Å². The molecule has 1 aliphatic rings. The smallest absolute Gasteiger partial charge is 0.178 e. The highest BCUT2D eigenvalue weighted by Gasteiger charge is 2.20. The number of nitrogens with zero attached hydrogens (tertiary/aromatic N) is 5. The monoisotopic (exact) mass is 294 g/mol. The maximum absolute atomic E-state index is 5.92. The zero-order valence-corrected chi connectivity index (χ0v) is 12.7. The van der Waals surface area contributed by atoms with Crippen molar-refractivity contribution in [3.05, 3.63) is 46.8 Å². The third kappa shape index (κ3) is 1.99. The van der Waals surface area contributed by atoms with Gasteiger partial charge in [0, 0.05) is 18.8 Å². The van der Waals surface area contributed by atoms with E-state index in [9.17, 15) is 0 Å². The summed E-state index contributed by atoms with van der Waals surface area (Å²) in [5.41, 5.74) is 11.3. The summed E-state index contributed by atoms with van der Waals surface area (Å²) in [5.74, 6) is 1.79. The first-order valence-corrected chi connectivity index (χ1v) is 7.44. The van der Waals surface area contributed by atoms with Crippen LogP contribution in [0.2, 0.25) is 0 Å². The molecule has 0 amide bonds. The van der Waals surface area contributed by atoms with E-state index in [4.69, 9.17) is 10.8 Å². The van der Waals surface area contributed by atoms with Gasteiger partial charge in [0.1, 0.15) is 0 Å². The third-order valence-corrected chi connectivity index (χ3v) is 4.26. The Labute approximate surface area is 128 Å².